The first-order valence-electron chi connectivity index (χ1n) is 9.32. The third-order valence-corrected chi connectivity index (χ3v) is 4.74. The van der Waals surface area contributed by atoms with E-state index in [2.05, 4.69) is 10.5 Å². The molecule has 3 rings (SSSR count). The van der Waals surface area contributed by atoms with Crippen LogP contribution in [0.1, 0.15) is 27.5 Å². The summed E-state index contributed by atoms with van der Waals surface area (Å²) in [6.45, 7) is 0. The van der Waals surface area contributed by atoms with Gasteiger partial charge in [0.25, 0.3) is 11.8 Å². The number of carbonyl (C=O) groups excluding carboxylic acids is 2. The molecule has 0 spiro atoms. The van der Waals surface area contributed by atoms with Crippen LogP contribution in [-0.4, -0.2) is 28.1 Å². The lowest BCUT2D eigenvalue weighted by Gasteiger charge is -2.18. The zero-order valence-corrected chi connectivity index (χ0v) is 16.7. The maximum atomic E-state index is 13.5. The van der Waals surface area contributed by atoms with Gasteiger partial charge < -0.3 is 16.3 Å². The van der Waals surface area contributed by atoms with Gasteiger partial charge >= 0.3 is 0 Å². The molecule has 33 heavy (non-hydrogen) atoms. The smallest absolute Gasteiger partial charge is 0.270 e. The van der Waals surface area contributed by atoms with Crippen LogP contribution < -0.4 is 16.5 Å². The molecular weight excluding hydrogens is 441 g/mol. The SMILES string of the molecule is N/C(=N\O)c1cccc(C(=O)NC(C(=O)NO)c2ccc(-c3cc(F)c(F)c(F)c3)cc2)c1. The van der Waals surface area contributed by atoms with E-state index in [-0.39, 0.29) is 28.1 Å². The fourth-order valence-electron chi connectivity index (χ4n) is 3.05. The third kappa shape index (κ3) is 5.10. The van der Waals surface area contributed by atoms with E-state index in [9.17, 15) is 22.8 Å². The van der Waals surface area contributed by atoms with Crippen LogP contribution in [0.15, 0.2) is 65.8 Å². The molecule has 0 aliphatic rings. The van der Waals surface area contributed by atoms with E-state index in [1.165, 1.54) is 54.0 Å². The van der Waals surface area contributed by atoms with Crippen molar-refractivity contribution in [3.63, 3.8) is 0 Å². The van der Waals surface area contributed by atoms with Gasteiger partial charge in [-0.3, -0.25) is 14.8 Å². The van der Waals surface area contributed by atoms with Gasteiger partial charge in [-0.15, -0.1) is 0 Å². The van der Waals surface area contributed by atoms with Crippen LogP contribution in [0.3, 0.4) is 0 Å². The molecule has 0 fully saturated rings. The molecule has 3 aromatic rings. The maximum Gasteiger partial charge on any atom is 0.270 e. The van der Waals surface area contributed by atoms with Gasteiger partial charge in [0, 0.05) is 11.1 Å². The van der Waals surface area contributed by atoms with Gasteiger partial charge in [-0.2, -0.15) is 0 Å². The van der Waals surface area contributed by atoms with Crippen LogP contribution in [0.25, 0.3) is 11.1 Å². The Hall–Kier alpha value is -4.38. The van der Waals surface area contributed by atoms with Crippen LogP contribution in [0, 0.1) is 17.5 Å². The molecule has 0 saturated heterocycles. The first-order valence-corrected chi connectivity index (χ1v) is 9.32. The first-order chi connectivity index (χ1) is 15.7. The molecule has 0 aliphatic heterocycles. The number of nitrogens with one attached hydrogen (secondary N) is 2. The molecule has 0 radical (unpaired) electrons. The second kappa shape index (κ2) is 9.83. The summed E-state index contributed by atoms with van der Waals surface area (Å²) in [5.41, 5.74) is 7.93. The zero-order chi connectivity index (χ0) is 24.1. The Morgan fingerprint density at radius 2 is 1.52 bits per heavy atom. The molecule has 0 heterocycles. The molecule has 0 saturated carbocycles. The lowest BCUT2D eigenvalue weighted by atomic mass is 9.99. The van der Waals surface area contributed by atoms with Crippen molar-refractivity contribution in [2.75, 3.05) is 0 Å². The fourth-order valence-corrected chi connectivity index (χ4v) is 3.05. The van der Waals surface area contributed by atoms with E-state index in [0.717, 1.165) is 12.1 Å². The Kier molecular flexibility index (Phi) is 6.94. The minimum atomic E-state index is -1.59. The van der Waals surface area contributed by atoms with E-state index >= 15 is 0 Å². The number of rotatable bonds is 6. The number of hydrogen-bond acceptors (Lipinski definition) is 5. The van der Waals surface area contributed by atoms with Gasteiger partial charge in [0.2, 0.25) is 0 Å². The lowest BCUT2D eigenvalue weighted by molar-refractivity contribution is -0.131. The number of halogens is 3. The Balaban J connectivity index is 1.88. The molecule has 11 heteroatoms. The first kappa shape index (κ1) is 23.3. The largest absolute Gasteiger partial charge is 0.409 e. The topological polar surface area (TPSA) is 137 Å². The van der Waals surface area contributed by atoms with Crippen molar-refractivity contribution in [3.05, 3.63) is 94.8 Å². The van der Waals surface area contributed by atoms with Crippen LogP contribution in [0.2, 0.25) is 0 Å². The number of hydroxylamine groups is 1. The summed E-state index contributed by atoms with van der Waals surface area (Å²) in [5, 5.41) is 23.2. The summed E-state index contributed by atoms with van der Waals surface area (Å²) >= 11 is 0. The van der Waals surface area contributed by atoms with Crippen molar-refractivity contribution in [1.82, 2.24) is 10.8 Å². The van der Waals surface area contributed by atoms with E-state index in [0.29, 0.717) is 5.56 Å². The summed E-state index contributed by atoms with van der Waals surface area (Å²) in [4.78, 5) is 24.9. The minimum absolute atomic E-state index is 0.0603. The van der Waals surface area contributed by atoms with Crippen molar-refractivity contribution in [2.45, 2.75) is 6.04 Å². The normalized spacial score (nSPS) is 12.2. The number of carbonyl (C=O) groups is 2. The molecule has 1 unspecified atom stereocenters. The number of nitrogens with two attached hydrogens (primary N) is 1. The highest BCUT2D eigenvalue weighted by atomic mass is 19.2. The third-order valence-electron chi connectivity index (χ3n) is 4.74. The van der Waals surface area contributed by atoms with Crippen molar-refractivity contribution in [3.8, 4) is 11.1 Å². The average Bonchev–Trinajstić information content (AvgIpc) is 2.84. The Bertz CT molecular complexity index is 1210. The highest BCUT2D eigenvalue weighted by Gasteiger charge is 2.23. The predicted molar refractivity (Wildman–Crippen MR) is 111 cm³/mol. The minimum Gasteiger partial charge on any atom is -0.409 e. The summed E-state index contributed by atoms with van der Waals surface area (Å²) in [6.07, 6.45) is 0. The Morgan fingerprint density at radius 1 is 0.909 bits per heavy atom. The van der Waals surface area contributed by atoms with Crippen LogP contribution in [0.4, 0.5) is 13.2 Å². The zero-order valence-electron chi connectivity index (χ0n) is 16.7. The van der Waals surface area contributed by atoms with E-state index < -0.39 is 35.3 Å². The molecule has 6 N–H and O–H groups in total. The molecule has 0 aromatic heterocycles. The maximum absolute atomic E-state index is 13.5. The van der Waals surface area contributed by atoms with Crippen LogP contribution in [0.5, 0.6) is 0 Å². The summed E-state index contributed by atoms with van der Waals surface area (Å²) < 4.78 is 40.2. The molecule has 170 valence electrons. The highest BCUT2D eigenvalue weighted by molar-refractivity contribution is 6.02. The summed E-state index contributed by atoms with van der Waals surface area (Å²) in [5.74, 6) is -6.18. The molecule has 1 atom stereocenters. The van der Waals surface area contributed by atoms with Crippen LogP contribution >= 0.6 is 0 Å². The summed E-state index contributed by atoms with van der Waals surface area (Å²) in [7, 11) is 0. The number of benzene rings is 3. The van der Waals surface area contributed by atoms with Crippen molar-refractivity contribution in [2.24, 2.45) is 10.9 Å². The summed E-state index contributed by atoms with van der Waals surface area (Å²) in [6, 6.07) is 11.6. The number of amidine groups is 1. The van der Waals surface area contributed by atoms with Crippen LogP contribution in [-0.2, 0) is 4.79 Å². The Labute approximate surface area is 185 Å². The van der Waals surface area contributed by atoms with Gasteiger partial charge in [0.05, 0.1) is 0 Å². The molecule has 0 aliphatic carbocycles. The second-order valence-corrected chi connectivity index (χ2v) is 6.82. The fraction of sp³-hybridized carbons (Fsp3) is 0.0455. The average molecular weight is 458 g/mol. The number of oxime groups is 1. The van der Waals surface area contributed by atoms with Crippen molar-refractivity contribution >= 4 is 17.6 Å². The highest BCUT2D eigenvalue weighted by Crippen LogP contribution is 2.26. The number of amides is 2. The molecule has 2 amide bonds. The molecular formula is C22H17F3N4O4. The van der Waals surface area contributed by atoms with Gasteiger partial charge in [0.15, 0.2) is 23.3 Å². The lowest BCUT2D eigenvalue weighted by Crippen LogP contribution is -2.39. The standard InChI is InChI=1S/C22H17F3N4O4/c23-16-9-15(10-17(24)18(16)25)11-4-6-12(7-5-11)19(22(31)29-33)27-21(30)14-3-1-2-13(8-14)20(26)28-32/h1-10,19,32-33H,(H2,26,28)(H,27,30)(H,29,31). The van der Waals surface area contributed by atoms with Gasteiger partial charge in [-0.05, 0) is 41.0 Å². The van der Waals surface area contributed by atoms with Gasteiger partial charge in [-0.1, -0.05) is 41.6 Å². The second-order valence-electron chi connectivity index (χ2n) is 6.82. The molecule has 8 nitrogen and oxygen atoms in total. The molecule has 0 bridgehead atoms. The monoisotopic (exact) mass is 458 g/mol. The van der Waals surface area contributed by atoms with E-state index in [1.807, 2.05) is 0 Å². The quantitative estimate of drug-likeness (QED) is 0.0966. The van der Waals surface area contributed by atoms with E-state index in [4.69, 9.17) is 16.1 Å². The van der Waals surface area contributed by atoms with E-state index in [1.54, 1.807) is 0 Å². The van der Waals surface area contributed by atoms with Crippen molar-refractivity contribution in [1.29, 1.82) is 0 Å². The van der Waals surface area contributed by atoms with Crippen molar-refractivity contribution < 1.29 is 33.2 Å². The molecule has 3 aromatic carbocycles. The van der Waals surface area contributed by atoms with Gasteiger partial charge in [0.1, 0.15) is 6.04 Å². The Morgan fingerprint density at radius 3 is 2.09 bits per heavy atom. The number of hydrogen-bond donors (Lipinski definition) is 5. The predicted octanol–water partition coefficient (Wildman–Crippen LogP) is 2.84. The van der Waals surface area contributed by atoms with Gasteiger partial charge in [-0.25, -0.2) is 18.7 Å². The number of nitrogens with zero attached hydrogens (tertiary/aromatic N) is 1.